The van der Waals surface area contributed by atoms with E-state index in [-0.39, 0.29) is 5.92 Å². The van der Waals surface area contributed by atoms with Gasteiger partial charge in [0, 0.05) is 34.9 Å². The van der Waals surface area contributed by atoms with Gasteiger partial charge in [-0.25, -0.2) is 4.98 Å². The van der Waals surface area contributed by atoms with Gasteiger partial charge in [0.25, 0.3) is 0 Å². The summed E-state index contributed by atoms with van der Waals surface area (Å²) in [7, 11) is 0. The van der Waals surface area contributed by atoms with Crippen molar-refractivity contribution >= 4 is 22.3 Å². The number of anilines is 1. The summed E-state index contributed by atoms with van der Waals surface area (Å²) in [5, 5.41) is 3.50. The lowest BCUT2D eigenvalue weighted by atomic mass is 9.99. The molecule has 6 rings (SSSR count). The molecule has 1 unspecified atom stereocenters. The second-order valence-electron chi connectivity index (χ2n) is 7.84. The highest BCUT2D eigenvalue weighted by molar-refractivity contribution is 5.73. The van der Waals surface area contributed by atoms with Crippen molar-refractivity contribution in [3.05, 3.63) is 115 Å². The van der Waals surface area contributed by atoms with Crippen LogP contribution in [0.2, 0.25) is 0 Å². The summed E-state index contributed by atoms with van der Waals surface area (Å²) in [6, 6.07) is 24.9. The molecule has 3 aromatic heterocycles. The lowest BCUT2D eigenvalue weighted by Gasteiger charge is -2.15. The first-order valence-electron chi connectivity index (χ1n) is 10.5. The third-order valence-electron chi connectivity index (χ3n) is 5.74. The van der Waals surface area contributed by atoms with Crippen LogP contribution < -0.4 is 5.32 Å². The zero-order valence-corrected chi connectivity index (χ0v) is 16.9. The standard InChI is InChI=1S/C27H21N3O/c1-2-7-26-25(6-1)29-27(31-26)20-10-14-23(15-11-20)28-22-12-8-19(9-13-22)21-17-24-5-3-4-16-30(24)18-21/h1-10,12-18,20,28H,11H2. The van der Waals surface area contributed by atoms with Gasteiger partial charge in [0.05, 0.1) is 5.92 Å². The minimum absolute atomic E-state index is 0.171. The summed E-state index contributed by atoms with van der Waals surface area (Å²) in [6.07, 6.45) is 11.6. The maximum Gasteiger partial charge on any atom is 0.202 e. The number of fused-ring (bicyclic) bond motifs is 2. The van der Waals surface area contributed by atoms with E-state index in [1.54, 1.807) is 0 Å². The van der Waals surface area contributed by atoms with Crippen LogP contribution >= 0.6 is 0 Å². The Morgan fingerprint density at radius 1 is 0.935 bits per heavy atom. The summed E-state index contributed by atoms with van der Waals surface area (Å²) < 4.78 is 8.07. The number of nitrogens with zero attached hydrogens (tertiary/aromatic N) is 2. The SMILES string of the molecule is C1=CC(c2nc3ccccc3o2)CC=C1Nc1ccc(-c2cc3ccccn3c2)cc1. The second-order valence-corrected chi connectivity index (χ2v) is 7.84. The van der Waals surface area contributed by atoms with Crippen LogP contribution in [0.1, 0.15) is 18.2 Å². The zero-order valence-electron chi connectivity index (χ0n) is 16.9. The Hall–Kier alpha value is -4.05. The molecule has 31 heavy (non-hydrogen) atoms. The highest BCUT2D eigenvalue weighted by Gasteiger charge is 2.17. The van der Waals surface area contributed by atoms with E-state index in [0.29, 0.717) is 0 Å². The number of rotatable bonds is 4. The van der Waals surface area contributed by atoms with E-state index in [0.717, 1.165) is 34.8 Å². The normalized spacial score (nSPS) is 16.0. The summed E-state index contributed by atoms with van der Waals surface area (Å²) in [5.41, 5.74) is 7.54. The van der Waals surface area contributed by atoms with Crippen LogP contribution in [-0.4, -0.2) is 9.38 Å². The molecule has 1 aliphatic carbocycles. The number of nitrogens with one attached hydrogen (secondary N) is 1. The van der Waals surface area contributed by atoms with Crippen molar-refractivity contribution in [3.8, 4) is 11.1 Å². The summed E-state index contributed by atoms with van der Waals surface area (Å²) in [5.74, 6) is 0.946. The molecular formula is C27H21N3O. The van der Waals surface area contributed by atoms with Crippen LogP contribution in [0.25, 0.3) is 27.7 Å². The molecule has 0 bridgehead atoms. The predicted octanol–water partition coefficient (Wildman–Crippen LogP) is 6.79. The molecule has 0 amide bonds. The Kier molecular flexibility index (Phi) is 4.20. The van der Waals surface area contributed by atoms with Gasteiger partial charge >= 0.3 is 0 Å². The lowest BCUT2D eigenvalue weighted by Crippen LogP contribution is -2.04. The minimum Gasteiger partial charge on any atom is -0.440 e. The molecular weight excluding hydrogens is 382 g/mol. The molecule has 0 fully saturated rings. The molecule has 1 aliphatic rings. The molecule has 0 aliphatic heterocycles. The first-order valence-corrected chi connectivity index (χ1v) is 10.5. The van der Waals surface area contributed by atoms with E-state index in [1.165, 1.54) is 16.6 Å². The van der Waals surface area contributed by atoms with Crippen molar-refractivity contribution in [2.24, 2.45) is 0 Å². The van der Waals surface area contributed by atoms with Crippen LogP contribution in [0.15, 0.2) is 114 Å². The number of hydrogen-bond donors (Lipinski definition) is 1. The van der Waals surface area contributed by atoms with E-state index < -0.39 is 0 Å². The van der Waals surface area contributed by atoms with Crippen molar-refractivity contribution in [3.63, 3.8) is 0 Å². The van der Waals surface area contributed by atoms with Crippen LogP contribution in [0.5, 0.6) is 0 Å². The van der Waals surface area contributed by atoms with E-state index in [9.17, 15) is 0 Å². The van der Waals surface area contributed by atoms with E-state index in [4.69, 9.17) is 4.42 Å². The Bertz CT molecular complexity index is 1370. The maximum atomic E-state index is 5.92. The molecule has 1 N–H and O–H groups in total. The fourth-order valence-electron chi connectivity index (χ4n) is 4.07. The third-order valence-corrected chi connectivity index (χ3v) is 5.74. The van der Waals surface area contributed by atoms with Gasteiger partial charge in [-0.15, -0.1) is 0 Å². The van der Waals surface area contributed by atoms with Gasteiger partial charge in [0.1, 0.15) is 5.52 Å². The third kappa shape index (κ3) is 3.42. The van der Waals surface area contributed by atoms with E-state index in [2.05, 4.69) is 87.8 Å². The Morgan fingerprint density at radius 3 is 2.61 bits per heavy atom. The molecule has 4 heteroatoms. The monoisotopic (exact) mass is 403 g/mol. The van der Waals surface area contributed by atoms with Crippen molar-refractivity contribution in [1.29, 1.82) is 0 Å². The Morgan fingerprint density at radius 2 is 1.81 bits per heavy atom. The van der Waals surface area contributed by atoms with Gasteiger partial charge in [-0.3, -0.25) is 0 Å². The number of allylic oxidation sites excluding steroid dienone is 3. The Balaban J connectivity index is 1.15. The van der Waals surface area contributed by atoms with Crippen LogP contribution in [0, 0.1) is 0 Å². The van der Waals surface area contributed by atoms with Gasteiger partial charge in [-0.1, -0.05) is 42.5 Å². The van der Waals surface area contributed by atoms with E-state index >= 15 is 0 Å². The van der Waals surface area contributed by atoms with E-state index in [1.807, 2.05) is 30.3 Å². The molecule has 0 saturated carbocycles. The average molecular weight is 403 g/mol. The van der Waals surface area contributed by atoms with Gasteiger partial charge in [0.2, 0.25) is 5.89 Å². The van der Waals surface area contributed by atoms with Crippen LogP contribution in [-0.2, 0) is 0 Å². The smallest absolute Gasteiger partial charge is 0.202 e. The highest BCUT2D eigenvalue weighted by atomic mass is 16.3. The molecule has 5 aromatic rings. The van der Waals surface area contributed by atoms with Crippen LogP contribution in [0.4, 0.5) is 5.69 Å². The quantitative estimate of drug-likeness (QED) is 0.359. The Labute approximate surface area is 180 Å². The first-order chi connectivity index (χ1) is 15.3. The number of benzene rings is 2. The van der Waals surface area contributed by atoms with Crippen molar-refractivity contribution in [1.82, 2.24) is 9.38 Å². The number of para-hydroxylation sites is 2. The zero-order chi connectivity index (χ0) is 20.6. The summed E-state index contributed by atoms with van der Waals surface area (Å²) in [4.78, 5) is 4.63. The highest BCUT2D eigenvalue weighted by Crippen LogP contribution is 2.30. The van der Waals surface area contributed by atoms with Gasteiger partial charge in [0.15, 0.2) is 5.58 Å². The molecule has 0 spiro atoms. The summed E-state index contributed by atoms with van der Waals surface area (Å²) >= 11 is 0. The van der Waals surface area contributed by atoms with Crippen molar-refractivity contribution in [2.45, 2.75) is 12.3 Å². The minimum atomic E-state index is 0.171. The topological polar surface area (TPSA) is 42.5 Å². The number of hydrogen-bond acceptors (Lipinski definition) is 3. The number of pyridine rings is 1. The lowest BCUT2D eigenvalue weighted by molar-refractivity contribution is 0.504. The maximum absolute atomic E-state index is 5.92. The molecule has 0 radical (unpaired) electrons. The fourth-order valence-corrected chi connectivity index (χ4v) is 4.07. The first kappa shape index (κ1) is 17.8. The predicted molar refractivity (Wildman–Crippen MR) is 125 cm³/mol. The molecule has 0 saturated heterocycles. The van der Waals surface area contributed by atoms with Crippen LogP contribution in [0.3, 0.4) is 0 Å². The molecule has 3 heterocycles. The fraction of sp³-hybridized carbons (Fsp3) is 0.0741. The van der Waals surface area contributed by atoms with Gasteiger partial charge < -0.3 is 14.1 Å². The molecule has 4 nitrogen and oxygen atoms in total. The number of aromatic nitrogens is 2. The molecule has 2 aromatic carbocycles. The largest absolute Gasteiger partial charge is 0.440 e. The average Bonchev–Trinajstić information content (AvgIpc) is 3.44. The number of oxazole rings is 1. The second kappa shape index (κ2) is 7.33. The molecule has 150 valence electrons. The summed E-state index contributed by atoms with van der Waals surface area (Å²) in [6.45, 7) is 0. The van der Waals surface area contributed by atoms with Crippen molar-refractivity contribution in [2.75, 3.05) is 5.32 Å². The van der Waals surface area contributed by atoms with Gasteiger partial charge in [-0.05, 0) is 60.5 Å². The van der Waals surface area contributed by atoms with Gasteiger partial charge in [-0.2, -0.15) is 0 Å². The molecule has 1 atom stereocenters. The van der Waals surface area contributed by atoms with Crippen molar-refractivity contribution < 1.29 is 4.42 Å².